The Kier molecular flexibility index (Phi) is 6.22. The summed E-state index contributed by atoms with van der Waals surface area (Å²) in [7, 11) is 0. The van der Waals surface area contributed by atoms with Crippen LogP contribution in [-0.2, 0) is 11.3 Å². The van der Waals surface area contributed by atoms with Gasteiger partial charge in [-0.2, -0.15) is 0 Å². The number of benzene rings is 1. The maximum Gasteiger partial charge on any atom is 0.221 e. The van der Waals surface area contributed by atoms with Crippen LogP contribution in [-0.4, -0.2) is 17.7 Å². The molecule has 0 saturated carbocycles. The zero-order valence-electron chi connectivity index (χ0n) is 11.3. The molecule has 3 nitrogen and oxygen atoms in total. The van der Waals surface area contributed by atoms with Crippen molar-refractivity contribution in [2.24, 2.45) is 11.7 Å². The maximum absolute atomic E-state index is 11.0. The quantitative estimate of drug-likeness (QED) is 0.745. The van der Waals surface area contributed by atoms with E-state index in [1.54, 1.807) is 11.8 Å². The predicted octanol–water partition coefficient (Wildman–Crippen LogP) is 2.40. The topological polar surface area (TPSA) is 55.1 Å². The fourth-order valence-corrected chi connectivity index (χ4v) is 2.39. The van der Waals surface area contributed by atoms with Gasteiger partial charge < -0.3 is 11.1 Å². The van der Waals surface area contributed by atoms with E-state index in [9.17, 15) is 4.79 Å². The van der Waals surface area contributed by atoms with E-state index in [4.69, 9.17) is 5.73 Å². The molecule has 4 heteroatoms. The van der Waals surface area contributed by atoms with Gasteiger partial charge in [-0.25, -0.2) is 0 Å². The Labute approximate surface area is 114 Å². The Morgan fingerprint density at radius 1 is 1.39 bits per heavy atom. The largest absolute Gasteiger partial charge is 0.369 e. The molecule has 1 atom stereocenters. The summed E-state index contributed by atoms with van der Waals surface area (Å²) in [6.45, 7) is 7.00. The first-order valence-corrected chi connectivity index (χ1v) is 7.22. The van der Waals surface area contributed by atoms with Gasteiger partial charge in [0, 0.05) is 29.2 Å². The highest BCUT2D eigenvalue weighted by Gasteiger charge is 2.09. The molecule has 1 amide bonds. The van der Waals surface area contributed by atoms with Crippen molar-refractivity contribution in [2.45, 2.75) is 38.3 Å². The molecule has 100 valence electrons. The minimum atomic E-state index is -0.236. The van der Waals surface area contributed by atoms with Crippen molar-refractivity contribution in [3.63, 3.8) is 0 Å². The number of thioether (sulfide) groups is 1. The van der Waals surface area contributed by atoms with Gasteiger partial charge in [-0.15, -0.1) is 11.8 Å². The van der Waals surface area contributed by atoms with E-state index in [2.05, 4.69) is 43.4 Å². The van der Waals surface area contributed by atoms with Crippen LogP contribution in [0.2, 0.25) is 0 Å². The van der Waals surface area contributed by atoms with Crippen molar-refractivity contribution in [3.8, 4) is 0 Å². The van der Waals surface area contributed by atoms with Crippen LogP contribution < -0.4 is 11.1 Å². The Hall–Kier alpha value is -1.00. The second-order valence-corrected chi connectivity index (χ2v) is 5.89. The molecule has 1 rings (SSSR count). The van der Waals surface area contributed by atoms with Crippen LogP contribution in [0.1, 0.15) is 26.3 Å². The number of rotatable bonds is 7. The molecular weight excluding hydrogens is 244 g/mol. The normalized spacial score (nSPS) is 12.7. The fourth-order valence-electron chi connectivity index (χ4n) is 1.37. The van der Waals surface area contributed by atoms with E-state index in [1.165, 1.54) is 10.5 Å². The predicted molar refractivity (Wildman–Crippen MR) is 77.5 cm³/mol. The SMILES string of the molecule is CC(C)NCc1cccc(SCC(C)C(N)=O)c1. The molecule has 0 aliphatic heterocycles. The zero-order chi connectivity index (χ0) is 13.5. The molecule has 0 spiro atoms. The van der Waals surface area contributed by atoms with Crippen molar-refractivity contribution in [2.75, 3.05) is 5.75 Å². The zero-order valence-corrected chi connectivity index (χ0v) is 12.1. The number of nitrogens with one attached hydrogen (secondary N) is 1. The van der Waals surface area contributed by atoms with Crippen molar-refractivity contribution in [3.05, 3.63) is 29.8 Å². The molecule has 18 heavy (non-hydrogen) atoms. The lowest BCUT2D eigenvalue weighted by molar-refractivity contribution is -0.120. The van der Waals surface area contributed by atoms with Crippen molar-refractivity contribution < 1.29 is 4.79 Å². The lowest BCUT2D eigenvalue weighted by atomic mass is 10.2. The second-order valence-electron chi connectivity index (χ2n) is 4.80. The lowest BCUT2D eigenvalue weighted by Crippen LogP contribution is -2.22. The number of carbonyl (C=O) groups is 1. The fraction of sp³-hybridized carbons (Fsp3) is 0.500. The van der Waals surface area contributed by atoms with Crippen LogP contribution in [0.4, 0.5) is 0 Å². The van der Waals surface area contributed by atoms with Crippen molar-refractivity contribution in [1.29, 1.82) is 0 Å². The number of nitrogens with two attached hydrogens (primary N) is 1. The number of hydrogen-bond donors (Lipinski definition) is 2. The first kappa shape index (κ1) is 15.1. The van der Waals surface area contributed by atoms with E-state index in [0.717, 1.165) is 12.3 Å². The first-order valence-electron chi connectivity index (χ1n) is 6.23. The van der Waals surface area contributed by atoms with E-state index in [-0.39, 0.29) is 11.8 Å². The molecule has 0 aromatic heterocycles. The molecule has 0 saturated heterocycles. The smallest absolute Gasteiger partial charge is 0.221 e. The number of hydrogen-bond acceptors (Lipinski definition) is 3. The van der Waals surface area contributed by atoms with Gasteiger partial charge in [0.25, 0.3) is 0 Å². The van der Waals surface area contributed by atoms with Crippen LogP contribution in [0.3, 0.4) is 0 Å². The molecule has 0 aliphatic rings. The van der Waals surface area contributed by atoms with E-state index in [1.807, 2.05) is 6.92 Å². The molecule has 0 aliphatic carbocycles. The van der Waals surface area contributed by atoms with Gasteiger partial charge >= 0.3 is 0 Å². The summed E-state index contributed by atoms with van der Waals surface area (Å²) in [5.41, 5.74) is 6.51. The Bertz CT molecular complexity index is 393. The third kappa shape index (κ3) is 5.56. The van der Waals surface area contributed by atoms with Gasteiger partial charge in [-0.1, -0.05) is 32.9 Å². The number of amides is 1. The molecule has 1 unspecified atom stereocenters. The van der Waals surface area contributed by atoms with Crippen LogP contribution >= 0.6 is 11.8 Å². The van der Waals surface area contributed by atoms with Gasteiger partial charge in [-0.3, -0.25) is 4.79 Å². The number of primary amides is 1. The standard InChI is InChI=1S/C14H22N2OS/c1-10(2)16-8-12-5-4-6-13(7-12)18-9-11(3)14(15)17/h4-7,10-11,16H,8-9H2,1-3H3,(H2,15,17). The minimum Gasteiger partial charge on any atom is -0.369 e. The van der Waals surface area contributed by atoms with E-state index < -0.39 is 0 Å². The Balaban J connectivity index is 2.51. The maximum atomic E-state index is 11.0. The number of carbonyl (C=O) groups excluding carboxylic acids is 1. The molecule has 0 radical (unpaired) electrons. The summed E-state index contributed by atoms with van der Waals surface area (Å²) in [6, 6.07) is 8.87. The lowest BCUT2D eigenvalue weighted by Gasteiger charge is -2.10. The summed E-state index contributed by atoms with van der Waals surface area (Å²) in [5, 5.41) is 3.39. The summed E-state index contributed by atoms with van der Waals surface area (Å²) in [6.07, 6.45) is 0. The highest BCUT2D eigenvalue weighted by molar-refractivity contribution is 7.99. The highest BCUT2D eigenvalue weighted by atomic mass is 32.2. The molecule has 0 heterocycles. The van der Waals surface area contributed by atoms with Crippen LogP contribution in [0.15, 0.2) is 29.2 Å². The average Bonchev–Trinajstić information content (AvgIpc) is 2.33. The van der Waals surface area contributed by atoms with Crippen molar-refractivity contribution in [1.82, 2.24) is 5.32 Å². The molecule has 3 N–H and O–H groups in total. The third-order valence-electron chi connectivity index (χ3n) is 2.60. The summed E-state index contributed by atoms with van der Waals surface area (Å²) in [4.78, 5) is 12.2. The highest BCUT2D eigenvalue weighted by Crippen LogP contribution is 2.21. The van der Waals surface area contributed by atoms with Gasteiger partial charge in [0.15, 0.2) is 0 Å². The monoisotopic (exact) mass is 266 g/mol. The molecular formula is C14H22N2OS. The van der Waals surface area contributed by atoms with Gasteiger partial charge in [0.05, 0.1) is 0 Å². The molecule has 0 bridgehead atoms. The van der Waals surface area contributed by atoms with Gasteiger partial charge in [0.2, 0.25) is 5.91 Å². The summed E-state index contributed by atoms with van der Waals surface area (Å²) >= 11 is 1.68. The average molecular weight is 266 g/mol. The van der Waals surface area contributed by atoms with Crippen LogP contribution in [0.5, 0.6) is 0 Å². The molecule has 1 aromatic rings. The Morgan fingerprint density at radius 2 is 2.11 bits per heavy atom. The van der Waals surface area contributed by atoms with Gasteiger partial charge in [-0.05, 0) is 17.7 Å². The first-order chi connectivity index (χ1) is 8.49. The minimum absolute atomic E-state index is 0.0903. The van der Waals surface area contributed by atoms with Gasteiger partial charge in [0.1, 0.15) is 0 Å². The molecule has 1 aromatic carbocycles. The second kappa shape index (κ2) is 7.44. The summed E-state index contributed by atoms with van der Waals surface area (Å²) < 4.78 is 0. The van der Waals surface area contributed by atoms with Crippen molar-refractivity contribution >= 4 is 17.7 Å². The van der Waals surface area contributed by atoms with Crippen LogP contribution in [0.25, 0.3) is 0 Å². The summed E-state index contributed by atoms with van der Waals surface area (Å²) in [5.74, 6) is 0.406. The van der Waals surface area contributed by atoms with Crippen LogP contribution in [0, 0.1) is 5.92 Å². The van der Waals surface area contributed by atoms with E-state index in [0.29, 0.717) is 6.04 Å². The third-order valence-corrected chi connectivity index (χ3v) is 3.85. The Morgan fingerprint density at radius 3 is 2.72 bits per heavy atom. The van der Waals surface area contributed by atoms with E-state index >= 15 is 0 Å². The molecule has 0 fully saturated rings.